The second kappa shape index (κ2) is 9.07. The SMILES string of the molecule is O=C(CC[C@@H]1CCCO1)NCCn1ncc(-c2cnccn2)c1-c1cccs1. The van der Waals surface area contributed by atoms with Gasteiger partial charge in [-0.15, -0.1) is 11.3 Å². The van der Waals surface area contributed by atoms with Gasteiger partial charge in [0.1, 0.15) is 0 Å². The highest BCUT2D eigenvalue weighted by Crippen LogP contribution is 2.33. The minimum atomic E-state index is 0.0643. The van der Waals surface area contributed by atoms with Crippen LogP contribution in [-0.2, 0) is 16.1 Å². The van der Waals surface area contributed by atoms with Crippen molar-refractivity contribution in [3.63, 3.8) is 0 Å². The molecule has 1 amide bonds. The van der Waals surface area contributed by atoms with E-state index in [0.29, 0.717) is 19.5 Å². The molecule has 3 aromatic heterocycles. The Balaban J connectivity index is 1.40. The first kappa shape index (κ1) is 18.8. The zero-order valence-corrected chi connectivity index (χ0v) is 16.4. The van der Waals surface area contributed by atoms with Gasteiger partial charge in [-0.1, -0.05) is 6.07 Å². The molecular formula is C20H23N5O2S. The van der Waals surface area contributed by atoms with Crippen LogP contribution >= 0.6 is 11.3 Å². The van der Waals surface area contributed by atoms with Crippen LogP contribution in [0.2, 0.25) is 0 Å². The van der Waals surface area contributed by atoms with Crippen molar-refractivity contribution in [3.8, 4) is 21.8 Å². The van der Waals surface area contributed by atoms with Gasteiger partial charge in [0.2, 0.25) is 5.91 Å². The van der Waals surface area contributed by atoms with Crippen molar-refractivity contribution in [2.75, 3.05) is 13.2 Å². The summed E-state index contributed by atoms with van der Waals surface area (Å²) in [5.41, 5.74) is 2.74. The minimum absolute atomic E-state index is 0.0643. The number of nitrogens with one attached hydrogen (secondary N) is 1. The van der Waals surface area contributed by atoms with Gasteiger partial charge in [-0.05, 0) is 30.7 Å². The number of hydrogen-bond acceptors (Lipinski definition) is 6. The first-order chi connectivity index (χ1) is 13.8. The highest BCUT2D eigenvalue weighted by atomic mass is 32.1. The van der Waals surface area contributed by atoms with E-state index in [0.717, 1.165) is 47.7 Å². The molecule has 4 rings (SSSR count). The lowest BCUT2D eigenvalue weighted by Gasteiger charge is -2.11. The molecule has 28 heavy (non-hydrogen) atoms. The molecule has 3 aromatic rings. The van der Waals surface area contributed by atoms with Gasteiger partial charge in [-0.25, -0.2) is 0 Å². The molecule has 0 unspecified atom stereocenters. The highest BCUT2D eigenvalue weighted by molar-refractivity contribution is 7.13. The predicted molar refractivity (Wildman–Crippen MR) is 108 cm³/mol. The Morgan fingerprint density at radius 3 is 3.07 bits per heavy atom. The molecule has 1 aliphatic rings. The van der Waals surface area contributed by atoms with Crippen molar-refractivity contribution in [3.05, 3.63) is 42.3 Å². The van der Waals surface area contributed by atoms with Crippen LogP contribution in [0, 0.1) is 0 Å². The Labute approximate surface area is 167 Å². The van der Waals surface area contributed by atoms with E-state index in [1.165, 1.54) is 0 Å². The summed E-state index contributed by atoms with van der Waals surface area (Å²) in [6.07, 6.45) is 10.6. The summed E-state index contributed by atoms with van der Waals surface area (Å²) in [6, 6.07) is 4.09. The molecule has 0 aliphatic carbocycles. The Morgan fingerprint density at radius 1 is 1.36 bits per heavy atom. The second-order valence-corrected chi connectivity index (χ2v) is 7.67. The summed E-state index contributed by atoms with van der Waals surface area (Å²) in [6.45, 7) is 1.95. The first-order valence-electron chi connectivity index (χ1n) is 9.55. The predicted octanol–water partition coefficient (Wildman–Crippen LogP) is 3.14. The average molecular weight is 398 g/mol. The van der Waals surface area contributed by atoms with Gasteiger partial charge in [0.25, 0.3) is 0 Å². The minimum Gasteiger partial charge on any atom is -0.378 e. The van der Waals surface area contributed by atoms with E-state index in [4.69, 9.17) is 4.74 Å². The molecule has 4 heterocycles. The zero-order valence-electron chi connectivity index (χ0n) is 15.6. The molecule has 1 fully saturated rings. The maximum atomic E-state index is 12.1. The summed E-state index contributed by atoms with van der Waals surface area (Å²) >= 11 is 1.66. The number of thiophene rings is 1. The van der Waals surface area contributed by atoms with Gasteiger partial charge in [0, 0.05) is 37.5 Å². The molecular weight excluding hydrogens is 374 g/mol. The van der Waals surface area contributed by atoms with Crippen molar-refractivity contribution in [2.24, 2.45) is 0 Å². The zero-order chi connectivity index (χ0) is 19.2. The normalized spacial score (nSPS) is 16.4. The van der Waals surface area contributed by atoms with E-state index < -0.39 is 0 Å². The van der Waals surface area contributed by atoms with E-state index >= 15 is 0 Å². The summed E-state index contributed by atoms with van der Waals surface area (Å²) in [5.74, 6) is 0.0643. The fourth-order valence-electron chi connectivity index (χ4n) is 3.41. The smallest absolute Gasteiger partial charge is 0.220 e. The Hall–Kier alpha value is -2.58. The number of aromatic nitrogens is 4. The lowest BCUT2D eigenvalue weighted by molar-refractivity contribution is -0.121. The van der Waals surface area contributed by atoms with Crippen LogP contribution in [0.25, 0.3) is 21.8 Å². The molecule has 0 aromatic carbocycles. The molecule has 0 bridgehead atoms. The largest absolute Gasteiger partial charge is 0.378 e. The van der Waals surface area contributed by atoms with Crippen molar-refractivity contribution < 1.29 is 9.53 Å². The summed E-state index contributed by atoms with van der Waals surface area (Å²) in [7, 11) is 0. The average Bonchev–Trinajstić information content (AvgIpc) is 3.48. The maximum absolute atomic E-state index is 12.1. The van der Waals surface area contributed by atoms with Crippen LogP contribution < -0.4 is 5.32 Å². The summed E-state index contributed by atoms with van der Waals surface area (Å²) in [5, 5.41) is 9.58. The van der Waals surface area contributed by atoms with E-state index in [-0.39, 0.29) is 12.0 Å². The van der Waals surface area contributed by atoms with Gasteiger partial charge in [-0.2, -0.15) is 5.10 Å². The Morgan fingerprint density at radius 2 is 2.32 bits per heavy atom. The third-order valence-corrected chi connectivity index (χ3v) is 5.67. The summed E-state index contributed by atoms with van der Waals surface area (Å²) in [4.78, 5) is 21.8. The number of carbonyl (C=O) groups excluding carboxylic acids is 1. The Bertz CT molecular complexity index is 889. The lowest BCUT2D eigenvalue weighted by atomic mass is 10.1. The van der Waals surface area contributed by atoms with Crippen LogP contribution in [0.15, 0.2) is 42.3 Å². The monoisotopic (exact) mass is 397 g/mol. The number of ether oxygens (including phenoxy) is 1. The number of rotatable bonds is 8. The van der Waals surface area contributed by atoms with E-state index in [9.17, 15) is 4.79 Å². The third kappa shape index (κ3) is 4.45. The molecule has 0 radical (unpaired) electrons. The number of carbonyl (C=O) groups is 1. The lowest BCUT2D eigenvalue weighted by Crippen LogP contribution is -2.28. The van der Waals surface area contributed by atoms with E-state index in [2.05, 4.69) is 26.4 Å². The van der Waals surface area contributed by atoms with Gasteiger partial charge in [0.05, 0.1) is 41.3 Å². The van der Waals surface area contributed by atoms with Crippen LogP contribution in [-0.4, -0.2) is 44.9 Å². The van der Waals surface area contributed by atoms with Gasteiger partial charge in [-0.3, -0.25) is 19.4 Å². The van der Waals surface area contributed by atoms with Crippen molar-refractivity contribution in [1.82, 2.24) is 25.1 Å². The van der Waals surface area contributed by atoms with E-state index in [1.807, 2.05) is 22.3 Å². The topological polar surface area (TPSA) is 81.9 Å². The molecule has 0 saturated carbocycles. The molecule has 7 nitrogen and oxygen atoms in total. The van der Waals surface area contributed by atoms with Crippen LogP contribution in [0.4, 0.5) is 0 Å². The second-order valence-electron chi connectivity index (χ2n) is 6.72. The van der Waals surface area contributed by atoms with Crippen LogP contribution in [0.5, 0.6) is 0 Å². The summed E-state index contributed by atoms with van der Waals surface area (Å²) < 4.78 is 7.50. The van der Waals surface area contributed by atoms with Gasteiger partial charge in [0.15, 0.2) is 0 Å². The van der Waals surface area contributed by atoms with Crippen LogP contribution in [0.1, 0.15) is 25.7 Å². The van der Waals surface area contributed by atoms with Gasteiger partial charge < -0.3 is 10.1 Å². The number of nitrogens with zero attached hydrogens (tertiary/aromatic N) is 4. The molecule has 0 spiro atoms. The molecule has 1 saturated heterocycles. The number of hydrogen-bond donors (Lipinski definition) is 1. The fourth-order valence-corrected chi connectivity index (χ4v) is 4.20. The fraction of sp³-hybridized carbons (Fsp3) is 0.400. The van der Waals surface area contributed by atoms with Crippen LogP contribution in [0.3, 0.4) is 0 Å². The van der Waals surface area contributed by atoms with Crippen molar-refractivity contribution >= 4 is 17.2 Å². The molecule has 1 atom stereocenters. The Kier molecular flexibility index (Phi) is 6.08. The first-order valence-corrected chi connectivity index (χ1v) is 10.4. The van der Waals surface area contributed by atoms with Crippen molar-refractivity contribution in [1.29, 1.82) is 0 Å². The molecule has 146 valence electrons. The van der Waals surface area contributed by atoms with Crippen molar-refractivity contribution in [2.45, 2.75) is 38.3 Å². The van der Waals surface area contributed by atoms with Gasteiger partial charge >= 0.3 is 0 Å². The molecule has 1 N–H and O–H groups in total. The quantitative estimate of drug-likeness (QED) is 0.631. The highest BCUT2D eigenvalue weighted by Gasteiger charge is 2.18. The molecule has 8 heteroatoms. The van der Waals surface area contributed by atoms with E-state index in [1.54, 1.807) is 29.9 Å². The third-order valence-electron chi connectivity index (χ3n) is 4.80. The number of amides is 1. The molecule has 1 aliphatic heterocycles. The maximum Gasteiger partial charge on any atom is 0.220 e. The standard InChI is InChI=1S/C20H23N5O2S/c26-19(6-5-15-3-1-11-27-15)23-9-10-25-20(18-4-2-12-28-18)16(13-24-25)17-14-21-7-8-22-17/h2,4,7-8,12-15H,1,3,5-6,9-11H2,(H,23,26)/t15-/m0/s1.